The van der Waals surface area contributed by atoms with E-state index in [-0.39, 0.29) is 5.60 Å². The van der Waals surface area contributed by atoms with Gasteiger partial charge in [0.25, 0.3) is 0 Å². The van der Waals surface area contributed by atoms with Crippen LogP contribution in [0, 0.1) is 0 Å². The average Bonchev–Trinajstić information content (AvgIpc) is 1.81. The lowest BCUT2D eigenvalue weighted by molar-refractivity contribution is -0.00334. The van der Waals surface area contributed by atoms with Crippen LogP contribution < -0.4 is 4.72 Å². The molecule has 0 bridgehead atoms. The van der Waals surface area contributed by atoms with Crippen molar-refractivity contribution in [1.82, 2.24) is 4.72 Å². The maximum atomic E-state index is 11.1. The van der Waals surface area contributed by atoms with E-state index in [4.69, 9.17) is 4.74 Å². The molecule has 0 radical (unpaired) electrons. The predicted octanol–water partition coefficient (Wildman–Crippen LogP) is 1.04. The summed E-state index contributed by atoms with van der Waals surface area (Å²) in [5.74, 6) is 3.49. The summed E-state index contributed by atoms with van der Waals surface area (Å²) in [7, 11) is -2.05. The van der Waals surface area contributed by atoms with E-state index in [1.165, 1.54) is 0 Å². The standard InChI is InChI=1S/C9H21NO2S/c1-9(2,3)12-8-6-7-10-13(4,5)11/h4,6-8H2,1-3,5H3,(H,10,11). The Hall–Kier alpha value is -0.0600. The first-order chi connectivity index (χ1) is 5.71. The SMILES string of the molecule is C=S(C)(=O)NCCCOC(C)(C)C. The fraction of sp³-hybridized carbons (Fsp3) is 0.889. The fourth-order valence-electron chi connectivity index (χ4n) is 0.739. The van der Waals surface area contributed by atoms with Crippen molar-refractivity contribution in [1.29, 1.82) is 0 Å². The Morgan fingerprint density at radius 2 is 2.00 bits per heavy atom. The zero-order valence-corrected chi connectivity index (χ0v) is 9.87. The van der Waals surface area contributed by atoms with Crippen LogP contribution in [0.15, 0.2) is 0 Å². The zero-order chi connectivity index (χ0) is 10.5. The lowest BCUT2D eigenvalue weighted by Crippen LogP contribution is -2.26. The number of rotatable bonds is 5. The molecule has 0 saturated carbocycles. The molecule has 0 fully saturated rings. The number of hydrogen-bond acceptors (Lipinski definition) is 2. The van der Waals surface area contributed by atoms with Crippen LogP contribution in [0.5, 0.6) is 0 Å². The summed E-state index contributed by atoms with van der Waals surface area (Å²) in [6, 6.07) is 0. The maximum Gasteiger partial charge on any atom is 0.0598 e. The van der Waals surface area contributed by atoms with Crippen LogP contribution in [0.1, 0.15) is 27.2 Å². The minimum Gasteiger partial charge on any atom is -0.376 e. The predicted molar refractivity (Wildman–Crippen MR) is 59.5 cm³/mol. The van der Waals surface area contributed by atoms with Gasteiger partial charge in [-0.05, 0) is 33.1 Å². The van der Waals surface area contributed by atoms with Gasteiger partial charge in [0.2, 0.25) is 0 Å². The monoisotopic (exact) mass is 207 g/mol. The van der Waals surface area contributed by atoms with Gasteiger partial charge in [-0.1, -0.05) is 0 Å². The Labute approximate surface area is 82.0 Å². The van der Waals surface area contributed by atoms with Crippen LogP contribution in [0.2, 0.25) is 0 Å². The summed E-state index contributed by atoms with van der Waals surface area (Å²) in [6.07, 6.45) is 2.45. The van der Waals surface area contributed by atoms with Gasteiger partial charge in [-0.3, -0.25) is 4.21 Å². The lowest BCUT2D eigenvalue weighted by Gasteiger charge is -2.19. The Balaban J connectivity index is 3.39. The molecule has 0 aromatic rings. The summed E-state index contributed by atoms with van der Waals surface area (Å²) in [6.45, 7) is 7.43. The molecule has 0 aromatic carbocycles. The molecule has 4 heteroatoms. The minimum absolute atomic E-state index is 0.0852. The topological polar surface area (TPSA) is 38.3 Å². The molecule has 3 nitrogen and oxygen atoms in total. The Morgan fingerprint density at radius 3 is 2.38 bits per heavy atom. The van der Waals surface area contributed by atoms with Crippen LogP contribution in [0.3, 0.4) is 0 Å². The van der Waals surface area contributed by atoms with Crippen molar-refractivity contribution in [3.63, 3.8) is 0 Å². The lowest BCUT2D eigenvalue weighted by atomic mass is 10.2. The first-order valence-electron chi connectivity index (χ1n) is 4.41. The molecule has 0 aromatic heterocycles. The van der Waals surface area contributed by atoms with Gasteiger partial charge < -0.3 is 4.74 Å². The molecule has 1 unspecified atom stereocenters. The summed E-state index contributed by atoms with van der Waals surface area (Å²) in [4.78, 5) is 0. The normalized spacial score (nSPS) is 16.9. The van der Waals surface area contributed by atoms with E-state index in [1.54, 1.807) is 6.26 Å². The highest BCUT2D eigenvalue weighted by molar-refractivity contribution is 7.97. The quantitative estimate of drug-likeness (QED) is 0.540. The van der Waals surface area contributed by atoms with Gasteiger partial charge in [-0.2, -0.15) is 0 Å². The molecular formula is C9H21NO2S. The van der Waals surface area contributed by atoms with Gasteiger partial charge in [0.05, 0.1) is 5.60 Å². The molecule has 0 saturated heterocycles. The van der Waals surface area contributed by atoms with Gasteiger partial charge in [0, 0.05) is 29.1 Å². The van der Waals surface area contributed by atoms with E-state index in [1.807, 2.05) is 20.8 Å². The van der Waals surface area contributed by atoms with Gasteiger partial charge in [-0.15, -0.1) is 0 Å². The van der Waals surface area contributed by atoms with Crippen LogP contribution in [0.25, 0.3) is 0 Å². The molecule has 0 aliphatic heterocycles. The molecule has 0 spiro atoms. The maximum absolute atomic E-state index is 11.1. The van der Waals surface area contributed by atoms with E-state index in [9.17, 15) is 4.21 Å². The van der Waals surface area contributed by atoms with Crippen molar-refractivity contribution in [2.24, 2.45) is 0 Å². The first-order valence-corrected chi connectivity index (χ1v) is 6.55. The fourth-order valence-corrected chi connectivity index (χ4v) is 1.31. The smallest absolute Gasteiger partial charge is 0.0598 e. The zero-order valence-electron chi connectivity index (χ0n) is 9.05. The largest absolute Gasteiger partial charge is 0.376 e. The van der Waals surface area contributed by atoms with E-state index < -0.39 is 9.71 Å². The second kappa shape index (κ2) is 4.98. The third-order valence-electron chi connectivity index (χ3n) is 1.26. The molecule has 0 aliphatic rings. The average molecular weight is 207 g/mol. The van der Waals surface area contributed by atoms with Crippen molar-refractivity contribution in [2.75, 3.05) is 19.4 Å². The van der Waals surface area contributed by atoms with Crippen molar-refractivity contribution >= 4 is 15.6 Å². The van der Waals surface area contributed by atoms with Gasteiger partial charge in [0.15, 0.2) is 0 Å². The van der Waals surface area contributed by atoms with Gasteiger partial charge >= 0.3 is 0 Å². The highest BCUT2D eigenvalue weighted by Crippen LogP contribution is 2.06. The van der Waals surface area contributed by atoms with Gasteiger partial charge in [0.1, 0.15) is 0 Å². The molecule has 0 amide bonds. The third kappa shape index (κ3) is 11.9. The Bertz CT molecular complexity index is 226. The highest BCUT2D eigenvalue weighted by atomic mass is 32.2. The molecule has 0 heterocycles. The Kier molecular flexibility index (Phi) is 4.96. The Morgan fingerprint density at radius 1 is 1.46 bits per heavy atom. The van der Waals surface area contributed by atoms with E-state index in [2.05, 4.69) is 10.6 Å². The second-order valence-electron chi connectivity index (χ2n) is 4.21. The number of nitrogens with one attached hydrogen (secondary N) is 1. The summed E-state index contributed by atoms with van der Waals surface area (Å²) >= 11 is 0. The first kappa shape index (κ1) is 12.9. The van der Waals surface area contributed by atoms with Crippen LogP contribution in [-0.4, -0.2) is 35.1 Å². The minimum atomic E-state index is -2.05. The molecule has 1 N–H and O–H groups in total. The molecule has 0 aliphatic carbocycles. The number of ether oxygens (including phenoxy) is 1. The van der Waals surface area contributed by atoms with E-state index in [0.717, 1.165) is 6.42 Å². The van der Waals surface area contributed by atoms with Crippen LogP contribution in [-0.2, 0) is 14.4 Å². The van der Waals surface area contributed by atoms with Crippen LogP contribution >= 0.6 is 0 Å². The van der Waals surface area contributed by atoms with Crippen molar-refractivity contribution in [3.8, 4) is 0 Å². The van der Waals surface area contributed by atoms with Crippen molar-refractivity contribution < 1.29 is 8.95 Å². The summed E-state index contributed by atoms with van der Waals surface area (Å²) in [5, 5.41) is 0. The third-order valence-corrected chi connectivity index (χ3v) is 2.08. The molecule has 1 atom stereocenters. The van der Waals surface area contributed by atoms with Gasteiger partial charge in [-0.25, -0.2) is 4.72 Å². The van der Waals surface area contributed by atoms with Crippen molar-refractivity contribution in [2.45, 2.75) is 32.8 Å². The van der Waals surface area contributed by atoms with Crippen LogP contribution in [0.4, 0.5) is 0 Å². The highest BCUT2D eigenvalue weighted by Gasteiger charge is 2.08. The second-order valence-corrected chi connectivity index (χ2v) is 6.51. The van der Waals surface area contributed by atoms with E-state index in [0.29, 0.717) is 13.2 Å². The molecule has 13 heavy (non-hydrogen) atoms. The molecule has 80 valence electrons. The summed E-state index contributed by atoms with van der Waals surface area (Å²) in [5.41, 5.74) is -0.0852. The van der Waals surface area contributed by atoms with E-state index >= 15 is 0 Å². The molecule has 0 rings (SSSR count). The number of hydrogen-bond donors (Lipinski definition) is 1. The van der Waals surface area contributed by atoms with Crippen molar-refractivity contribution in [3.05, 3.63) is 0 Å². The summed E-state index contributed by atoms with van der Waals surface area (Å²) < 4.78 is 19.4. The molecular weight excluding hydrogens is 186 g/mol.